The minimum absolute atomic E-state index is 0.247. The van der Waals surface area contributed by atoms with E-state index in [1.165, 1.54) is 15.9 Å². The zero-order valence-corrected chi connectivity index (χ0v) is 18.3. The van der Waals surface area contributed by atoms with E-state index in [4.69, 9.17) is 9.47 Å². The number of aliphatic hydroxyl groups is 1. The molecule has 1 aromatic heterocycles. The van der Waals surface area contributed by atoms with Crippen LogP contribution in [0.2, 0.25) is 0 Å². The van der Waals surface area contributed by atoms with E-state index in [-0.39, 0.29) is 19.7 Å². The van der Waals surface area contributed by atoms with Crippen molar-refractivity contribution in [3.63, 3.8) is 0 Å². The maximum Gasteiger partial charge on any atom is 0.414 e. The molecule has 0 unspecified atom stereocenters. The lowest BCUT2D eigenvalue weighted by Gasteiger charge is -2.15. The molecule has 11 heteroatoms. The Morgan fingerprint density at radius 3 is 2.26 bits per heavy atom. The van der Waals surface area contributed by atoms with Crippen molar-refractivity contribution >= 4 is 23.6 Å². The van der Waals surface area contributed by atoms with Gasteiger partial charge in [0.15, 0.2) is 0 Å². The molecule has 0 saturated carbocycles. The molecule has 2 saturated heterocycles. The van der Waals surface area contributed by atoms with Gasteiger partial charge in [-0.2, -0.15) is 0 Å². The maximum absolute atomic E-state index is 15.0. The van der Waals surface area contributed by atoms with Gasteiger partial charge in [0, 0.05) is 17.4 Å². The third kappa shape index (κ3) is 4.17. The predicted molar refractivity (Wildman–Crippen MR) is 119 cm³/mol. The smallest absolute Gasteiger partial charge is 0.414 e. The van der Waals surface area contributed by atoms with Crippen molar-refractivity contribution in [3.05, 3.63) is 60.2 Å². The number of benzene rings is 2. The minimum atomic E-state index is -0.561. The standard InChI is InChI=1S/C23H22FN5O5/c1-14-9-27(26-25-14)10-18-11-29(23(32)33-18)17-6-7-20(21(24)8-17)15-2-4-16(5-3-15)28-12-19(13-30)34-22(28)31/h2-9,18-19,30H,10-13H2,1H3/t18-,19+/m0/s1. The first-order valence-corrected chi connectivity index (χ1v) is 10.7. The van der Waals surface area contributed by atoms with Gasteiger partial charge in [-0.3, -0.25) is 9.80 Å². The molecule has 0 spiro atoms. The largest absolute Gasteiger partial charge is 0.442 e. The SMILES string of the molecule is Cc1cn(C[C@H]2CN(c3ccc(-c4ccc(N5C[C@H](CO)OC5=O)cc4)c(F)c3)C(=O)O2)nn1. The molecule has 176 valence electrons. The maximum atomic E-state index is 15.0. The van der Waals surface area contributed by atoms with Crippen molar-refractivity contribution in [3.8, 4) is 11.1 Å². The van der Waals surface area contributed by atoms with E-state index >= 15 is 4.39 Å². The van der Waals surface area contributed by atoms with Gasteiger partial charge < -0.3 is 14.6 Å². The van der Waals surface area contributed by atoms with E-state index in [1.54, 1.807) is 47.3 Å². The fraction of sp³-hybridized carbons (Fsp3) is 0.304. The van der Waals surface area contributed by atoms with Crippen molar-refractivity contribution in [1.29, 1.82) is 0 Å². The van der Waals surface area contributed by atoms with Gasteiger partial charge in [-0.15, -0.1) is 5.10 Å². The summed E-state index contributed by atoms with van der Waals surface area (Å²) in [5.41, 5.74) is 2.73. The molecule has 0 aliphatic carbocycles. The summed E-state index contributed by atoms with van der Waals surface area (Å²) in [4.78, 5) is 27.1. The lowest BCUT2D eigenvalue weighted by molar-refractivity contribution is 0.0963. The van der Waals surface area contributed by atoms with Gasteiger partial charge in [-0.05, 0) is 42.8 Å². The van der Waals surface area contributed by atoms with Gasteiger partial charge >= 0.3 is 12.2 Å². The van der Waals surface area contributed by atoms with Crippen LogP contribution >= 0.6 is 0 Å². The highest BCUT2D eigenvalue weighted by molar-refractivity contribution is 5.91. The number of aryl methyl sites for hydroxylation is 1. The molecule has 2 aliphatic rings. The molecule has 34 heavy (non-hydrogen) atoms. The average molecular weight is 467 g/mol. The Bertz CT molecular complexity index is 1230. The van der Waals surface area contributed by atoms with Crippen LogP contribution in [-0.4, -0.2) is 64.2 Å². The Morgan fingerprint density at radius 2 is 1.65 bits per heavy atom. The number of ether oxygens (including phenoxy) is 2. The molecule has 2 amide bonds. The molecule has 0 radical (unpaired) electrons. The number of anilines is 2. The molecular formula is C23H22FN5O5. The zero-order chi connectivity index (χ0) is 23.8. The van der Waals surface area contributed by atoms with E-state index in [0.29, 0.717) is 29.0 Å². The molecule has 5 rings (SSSR count). The summed E-state index contributed by atoms with van der Waals surface area (Å²) in [5, 5.41) is 17.1. The molecule has 3 heterocycles. The zero-order valence-electron chi connectivity index (χ0n) is 18.3. The summed E-state index contributed by atoms with van der Waals surface area (Å²) in [6.45, 7) is 2.46. The van der Waals surface area contributed by atoms with E-state index in [0.717, 1.165) is 5.69 Å². The van der Waals surface area contributed by atoms with Crippen LogP contribution in [0.15, 0.2) is 48.7 Å². The van der Waals surface area contributed by atoms with Crippen LogP contribution < -0.4 is 9.80 Å². The molecular weight excluding hydrogens is 445 g/mol. The summed E-state index contributed by atoms with van der Waals surface area (Å²) in [7, 11) is 0. The molecule has 2 atom stereocenters. The van der Waals surface area contributed by atoms with Gasteiger partial charge in [-0.25, -0.2) is 18.7 Å². The Morgan fingerprint density at radius 1 is 1.00 bits per heavy atom. The van der Waals surface area contributed by atoms with E-state index in [2.05, 4.69) is 10.3 Å². The highest BCUT2D eigenvalue weighted by Crippen LogP contribution is 2.31. The second-order valence-corrected chi connectivity index (χ2v) is 8.21. The number of carbonyl (C=O) groups excluding carboxylic acids is 2. The van der Waals surface area contributed by atoms with Crippen LogP contribution in [0.1, 0.15) is 5.69 Å². The molecule has 0 bridgehead atoms. The van der Waals surface area contributed by atoms with E-state index < -0.39 is 30.2 Å². The third-order valence-electron chi connectivity index (χ3n) is 5.75. The first kappa shape index (κ1) is 21.8. The normalized spacial score (nSPS) is 20.1. The quantitative estimate of drug-likeness (QED) is 0.594. The summed E-state index contributed by atoms with van der Waals surface area (Å²) in [6.07, 6.45) is -0.302. The molecule has 1 N–H and O–H groups in total. The Labute approximate surface area is 194 Å². The number of cyclic esters (lactones) is 2. The molecule has 2 aliphatic heterocycles. The Kier molecular flexibility index (Phi) is 5.62. The van der Waals surface area contributed by atoms with Gasteiger partial charge in [0.1, 0.15) is 18.0 Å². The van der Waals surface area contributed by atoms with Crippen molar-refractivity contribution in [2.75, 3.05) is 29.5 Å². The number of carbonyl (C=O) groups is 2. The van der Waals surface area contributed by atoms with Crippen LogP contribution in [0.3, 0.4) is 0 Å². The number of hydrogen-bond acceptors (Lipinski definition) is 7. The second-order valence-electron chi connectivity index (χ2n) is 8.21. The van der Waals surface area contributed by atoms with Gasteiger partial charge in [-0.1, -0.05) is 17.3 Å². The van der Waals surface area contributed by atoms with Crippen LogP contribution in [-0.2, 0) is 16.0 Å². The summed E-state index contributed by atoms with van der Waals surface area (Å²) in [6, 6.07) is 11.4. The van der Waals surface area contributed by atoms with Crippen molar-refractivity contribution in [2.24, 2.45) is 0 Å². The summed E-state index contributed by atoms with van der Waals surface area (Å²) >= 11 is 0. The Hall–Kier alpha value is -3.99. The lowest BCUT2D eigenvalue weighted by atomic mass is 10.0. The van der Waals surface area contributed by atoms with Crippen molar-refractivity contribution in [2.45, 2.75) is 25.7 Å². The van der Waals surface area contributed by atoms with Crippen molar-refractivity contribution in [1.82, 2.24) is 15.0 Å². The van der Waals surface area contributed by atoms with Crippen LogP contribution in [0, 0.1) is 12.7 Å². The van der Waals surface area contributed by atoms with E-state index in [9.17, 15) is 14.7 Å². The fourth-order valence-electron chi connectivity index (χ4n) is 4.08. The van der Waals surface area contributed by atoms with Crippen LogP contribution in [0.5, 0.6) is 0 Å². The number of halogens is 1. The van der Waals surface area contributed by atoms with Gasteiger partial charge in [0.25, 0.3) is 0 Å². The minimum Gasteiger partial charge on any atom is -0.442 e. The Balaban J connectivity index is 1.29. The number of amides is 2. The molecule has 2 fully saturated rings. The monoisotopic (exact) mass is 467 g/mol. The predicted octanol–water partition coefficient (Wildman–Crippen LogP) is 2.74. The van der Waals surface area contributed by atoms with Crippen LogP contribution in [0.4, 0.5) is 25.4 Å². The van der Waals surface area contributed by atoms with Crippen molar-refractivity contribution < 1.29 is 28.6 Å². The first-order chi connectivity index (χ1) is 16.4. The number of rotatable bonds is 6. The summed E-state index contributed by atoms with van der Waals surface area (Å²) in [5.74, 6) is -0.491. The molecule has 10 nitrogen and oxygen atoms in total. The number of hydrogen-bond donors (Lipinski definition) is 1. The molecule has 2 aromatic carbocycles. The fourth-order valence-corrected chi connectivity index (χ4v) is 4.08. The topological polar surface area (TPSA) is 110 Å². The lowest BCUT2D eigenvalue weighted by Crippen LogP contribution is -2.26. The second kappa shape index (κ2) is 8.75. The third-order valence-corrected chi connectivity index (χ3v) is 5.75. The highest BCUT2D eigenvalue weighted by Gasteiger charge is 2.34. The number of aromatic nitrogens is 3. The highest BCUT2D eigenvalue weighted by atomic mass is 19.1. The summed E-state index contributed by atoms with van der Waals surface area (Å²) < 4.78 is 27.1. The van der Waals surface area contributed by atoms with E-state index in [1.807, 2.05) is 6.92 Å². The first-order valence-electron chi connectivity index (χ1n) is 10.7. The van der Waals surface area contributed by atoms with Gasteiger partial charge in [0.05, 0.1) is 37.6 Å². The van der Waals surface area contributed by atoms with Gasteiger partial charge in [0.2, 0.25) is 0 Å². The number of nitrogens with zero attached hydrogens (tertiary/aromatic N) is 5. The average Bonchev–Trinajstić information content (AvgIpc) is 3.52. The van der Waals surface area contributed by atoms with Crippen LogP contribution in [0.25, 0.3) is 11.1 Å². The number of aliphatic hydroxyl groups excluding tert-OH is 1. The molecule has 3 aromatic rings.